The molecule has 0 aromatic carbocycles. The standard InChI is InChI=1S/C14H30O2/c1-4-14(15)16-12-10-8-6-5-7-9-11-13(2)3/h13-15H,4-12H2,1-3H3. The van der Waals surface area contributed by atoms with Crippen LogP contribution in [0, 0.1) is 5.92 Å². The Morgan fingerprint density at radius 2 is 1.50 bits per heavy atom. The average Bonchev–Trinajstić information content (AvgIpc) is 2.26. The summed E-state index contributed by atoms with van der Waals surface area (Å²) in [5.74, 6) is 0.851. The van der Waals surface area contributed by atoms with Crippen molar-refractivity contribution in [2.75, 3.05) is 6.61 Å². The van der Waals surface area contributed by atoms with Crippen LogP contribution in [-0.4, -0.2) is 18.0 Å². The van der Waals surface area contributed by atoms with E-state index >= 15 is 0 Å². The third-order valence-electron chi connectivity index (χ3n) is 2.84. The van der Waals surface area contributed by atoms with Gasteiger partial charge in [-0.15, -0.1) is 0 Å². The number of aliphatic hydroxyl groups is 1. The van der Waals surface area contributed by atoms with Gasteiger partial charge in [0, 0.05) is 6.61 Å². The van der Waals surface area contributed by atoms with Gasteiger partial charge in [-0.3, -0.25) is 0 Å². The van der Waals surface area contributed by atoms with E-state index in [1.807, 2.05) is 6.92 Å². The lowest BCUT2D eigenvalue weighted by molar-refractivity contribution is -0.101. The van der Waals surface area contributed by atoms with E-state index in [9.17, 15) is 0 Å². The molecule has 1 unspecified atom stereocenters. The predicted molar refractivity (Wildman–Crippen MR) is 69.4 cm³/mol. The van der Waals surface area contributed by atoms with Gasteiger partial charge in [0.15, 0.2) is 6.29 Å². The first-order valence-electron chi connectivity index (χ1n) is 6.96. The highest BCUT2D eigenvalue weighted by Crippen LogP contribution is 2.11. The maximum absolute atomic E-state index is 9.16. The summed E-state index contributed by atoms with van der Waals surface area (Å²) < 4.78 is 5.21. The second-order valence-corrected chi connectivity index (χ2v) is 5.04. The number of unbranched alkanes of at least 4 members (excludes halogenated alkanes) is 5. The summed E-state index contributed by atoms with van der Waals surface area (Å²) in [5.41, 5.74) is 0. The highest BCUT2D eigenvalue weighted by Gasteiger charge is 1.99. The fourth-order valence-electron chi connectivity index (χ4n) is 1.70. The maximum Gasteiger partial charge on any atom is 0.154 e. The van der Waals surface area contributed by atoms with E-state index in [1.165, 1.54) is 38.5 Å². The summed E-state index contributed by atoms with van der Waals surface area (Å²) in [6.07, 6.45) is 9.23. The van der Waals surface area contributed by atoms with Crippen molar-refractivity contribution in [1.29, 1.82) is 0 Å². The molecule has 0 aliphatic heterocycles. The summed E-state index contributed by atoms with van der Waals surface area (Å²) in [6.45, 7) is 7.22. The van der Waals surface area contributed by atoms with Gasteiger partial charge in [0.1, 0.15) is 0 Å². The fraction of sp³-hybridized carbons (Fsp3) is 1.00. The molecule has 0 aliphatic rings. The normalized spacial score (nSPS) is 13.3. The molecule has 0 aromatic heterocycles. The van der Waals surface area contributed by atoms with Gasteiger partial charge in [-0.25, -0.2) is 0 Å². The smallest absolute Gasteiger partial charge is 0.154 e. The summed E-state index contributed by atoms with van der Waals surface area (Å²) in [6, 6.07) is 0. The van der Waals surface area contributed by atoms with E-state index in [-0.39, 0.29) is 0 Å². The van der Waals surface area contributed by atoms with Gasteiger partial charge in [-0.2, -0.15) is 0 Å². The molecule has 0 rings (SSSR count). The van der Waals surface area contributed by atoms with Gasteiger partial charge in [0.05, 0.1) is 0 Å². The lowest BCUT2D eigenvalue weighted by Crippen LogP contribution is -2.10. The molecule has 0 bridgehead atoms. The molecule has 1 N–H and O–H groups in total. The zero-order valence-electron chi connectivity index (χ0n) is 11.4. The molecule has 2 heteroatoms. The second-order valence-electron chi connectivity index (χ2n) is 5.04. The van der Waals surface area contributed by atoms with E-state index in [0.29, 0.717) is 13.0 Å². The van der Waals surface area contributed by atoms with Crippen molar-refractivity contribution in [2.24, 2.45) is 5.92 Å². The molecular formula is C14H30O2. The molecule has 98 valence electrons. The van der Waals surface area contributed by atoms with Crippen LogP contribution in [-0.2, 0) is 4.74 Å². The van der Waals surface area contributed by atoms with Crippen LogP contribution in [0.4, 0.5) is 0 Å². The Balaban J connectivity index is 2.99. The predicted octanol–water partition coefficient (Wildman–Crippen LogP) is 4.12. The Morgan fingerprint density at radius 3 is 2.06 bits per heavy atom. The minimum absolute atomic E-state index is 0.550. The molecule has 0 spiro atoms. The molecule has 0 saturated heterocycles. The van der Waals surface area contributed by atoms with Gasteiger partial charge in [-0.1, -0.05) is 59.3 Å². The molecule has 0 heterocycles. The minimum atomic E-state index is -0.550. The second kappa shape index (κ2) is 11.4. The molecule has 0 radical (unpaired) electrons. The van der Waals surface area contributed by atoms with Crippen molar-refractivity contribution in [1.82, 2.24) is 0 Å². The summed E-state index contributed by atoms with van der Waals surface area (Å²) in [5, 5.41) is 9.16. The van der Waals surface area contributed by atoms with E-state index in [0.717, 1.165) is 12.3 Å². The van der Waals surface area contributed by atoms with E-state index in [2.05, 4.69) is 13.8 Å². The Bertz CT molecular complexity index is 135. The first kappa shape index (κ1) is 15.9. The van der Waals surface area contributed by atoms with Crippen LogP contribution in [0.2, 0.25) is 0 Å². The highest BCUT2D eigenvalue weighted by molar-refractivity contribution is 4.49. The molecule has 2 nitrogen and oxygen atoms in total. The van der Waals surface area contributed by atoms with E-state index in [4.69, 9.17) is 9.84 Å². The van der Waals surface area contributed by atoms with E-state index in [1.54, 1.807) is 0 Å². The quantitative estimate of drug-likeness (QED) is 0.427. The number of rotatable bonds is 11. The van der Waals surface area contributed by atoms with E-state index < -0.39 is 6.29 Å². The third-order valence-corrected chi connectivity index (χ3v) is 2.84. The highest BCUT2D eigenvalue weighted by atomic mass is 16.6. The van der Waals surface area contributed by atoms with Crippen LogP contribution in [0.1, 0.15) is 72.1 Å². The molecule has 0 saturated carbocycles. The lowest BCUT2D eigenvalue weighted by Gasteiger charge is -2.09. The molecule has 0 aromatic rings. The Morgan fingerprint density at radius 1 is 0.938 bits per heavy atom. The van der Waals surface area contributed by atoms with Gasteiger partial charge < -0.3 is 9.84 Å². The van der Waals surface area contributed by atoms with Crippen molar-refractivity contribution in [2.45, 2.75) is 78.4 Å². The van der Waals surface area contributed by atoms with Crippen LogP contribution in [0.3, 0.4) is 0 Å². The van der Waals surface area contributed by atoms with Gasteiger partial charge >= 0.3 is 0 Å². The maximum atomic E-state index is 9.16. The van der Waals surface area contributed by atoms with Crippen molar-refractivity contribution in [3.05, 3.63) is 0 Å². The van der Waals surface area contributed by atoms with Crippen molar-refractivity contribution in [3.8, 4) is 0 Å². The number of aliphatic hydroxyl groups excluding tert-OH is 1. The van der Waals surface area contributed by atoms with Crippen molar-refractivity contribution < 1.29 is 9.84 Å². The molecular weight excluding hydrogens is 200 g/mol. The summed E-state index contributed by atoms with van der Waals surface area (Å²) in [7, 11) is 0. The number of ether oxygens (including phenoxy) is 1. The lowest BCUT2D eigenvalue weighted by atomic mass is 10.0. The fourth-order valence-corrected chi connectivity index (χ4v) is 1.70. The van der Waals surface area contributed by atoms with Crippen LogP contribution < -0.4 is 0 Å². The number of hydrogen-bond acceptors (Lipinski definition) is 2. The average molecular weight is 230 g/mol. The third kappa shape index (κ3) is 12.0. The van der Waals surface area contributed by atoms with Crippen molar-refractivity contribution in [3.63, 3.8) is 0 Å². The Kier molecular flexibility index (Phi) is 11.3. The first-order valence-corrected chi connectivity index (χ1v) is 6.96. The zero-order valence-corrected chi connectivity index (χ0v) is 11.4. The molecule has 1 atom stereocenters. The van der Waals surface area contributed by atoms with Crippen LogP contribution >= 0.6 is 0 Å². The summed E-state index contributed by atoms with van der Waals surface area (Å²) in [4.78, 5) is 0. The van der Waals surface area contributed by atoms with Gasteiger partial charge in [-0.05, 0) is 18.8 Å². The van der Waals surface area contributed by atoms with Crippen LogP contribution in [0.5, 0.6) is 0 Å². The summed E-state index contributed by atoms with van der Waals surface area (Å²) >= 11 is 0. The zero-order chi connectivity index (χ0) is 12.2. The minimum Gasteiger partial charge on any atom is -0.368 e. The SMILES string of the molecule is CCC(O)OCCCCCCCCC(C)C. The topological polar surface area (TPSA) is 29.5 Å². The molecule has 0 fully saturated rings. The van der Waals surface area contributed by atoms with Crippen molar-refractivity contribution >= 4 is 0 Å². The first-order chi connectivity index (χ1) is 7.66. The largest absolute Gasteiger partial charge is 0.368 e. The van der Waals surface area contributed by atoms with Gasteiger partial charge in [0.2, 0.25) is 0 Å². The monoisotopic (exact) mass is 230 g/mol. The Labute approximate surface area is 101 Å². The molecule has 16 heavy (non-hydrogen) atoms. The van der Waals surface area contributed by atoms with Crippen LogP contribution in [0.25, 0.3) is 0 Å². The van der Waals surface area contributed by atoms with Gasteiger partial charge in [0.25, 0.3) is 0 Å². The molecule has 0 aliphatic carbocycles. The van der Waals surface area contributed by atoms with Crippen LogP contribution in [0.15, 0.2) is 0 Å². The molecule has 0 amide bonds. The Hall–Kier alpha value is -0.0800. The number of hydrogen-bond donors (Lipinski definition) is 1.